The lowest BCUT2D eigenvalue weighted by atomic mass is 10.2. The Labute approximate surface area is 194 Å². The topological polar surface area (TPSA) is 42.8 Å². The van der Waals surface area contributed by atoms with Crippen molar-refractivity contribution < 1.29 is 9.47 Å². The molecule has 29 heavy (non-hydrogen) atoms. The third-order valence-corrected chi connectivity index (χ3v) is 5.42. The minimum atomic E-state index is 0.357. The highest BCUT2D eigenvalue weighted by molar-refractivity contribution is 14.1. The van der Waals surface area contributed by atoms with Gasteiger partial charge in [0.1, 0.15) is 6.61 Å². The number of anilines is 1. The van der Waals surface area contributed by atoms with Gasteiger partial charge in [0.15, 0.2) is 11.5 Å². The van der Waals surface area contributed by atoms with Gasteiger partial charge in [0, 0.05) is 0 Å². The number of benzene rings is 3. The van der Waals surface area contributed by atoms with Crippen molar-refractivity contribution in [1.29, 1.82) is 0 Å². The summed E-state index contributed by atoms with van der Waals surface area (Å²) in [5, 5.41) is 5.32. The van der Waals surface area contributed by atoms with E-state index in [2.05, 4.69) is 33.1 Å². The second-order valence-electron chi connectivity index (χ2n) is 6.04. The SMILES string of the molecule is CCOc1cc(/C=N/Nc2ccccc2)cc(I)c1OCc1ccc(Cl)c(Cl)c1. The van der Waals surface area contributed by atoms with Gasteiger partial charge in [-0.15, -0.1) is 0 Å². The van der Waals surface area contributed by atoms with E-state index in [1.807, 2.05) is 55.5 Å². The number of ether oxygens (including phenoxy) is 2. The molecule has 7 heteroatoms. The minimum absolute atomic E-state index is 0.357. The van der Waals surface area contributed by atoms with Crippen molar-refractivity contribution in [2.75, 3.05) is 12.0 Å². The number of hydrogen-bond donors (Lipinski definition) is 1. The van der Waals surface area contributed by atoms with E-state index in [9.17, 15) is 0 Å². The van der Waals surface area contributed by atoms with Crippen molar-refractivity contribution in [3.8, 4) is 11.5 Å². The highest BCUT2D eigenvalue weighted by Gasteiger charge is 2.12. The normalized spacial score (nSPS) is 10.9. The molecule has 0 aliphatic heterocycles. The molecule has 0 unspecified atom stereocenters. The first kappa shape index (κ1) is 21.7. The zero-order chi connectivity index (χ0) is 20.6. The quantitative estimate of drug-likeness (QED) is 0.189. The standard InChI is InChI=1S/C22H19Cl2IN2O2/c1-2-28-21-12-16(13-26-27-17-6-4-3-5-7-17)11-20(25)22(21)29-14-15-8-9-18(23)19(24)10-15/h3-13,27H,2,14H2,1H3/b26-13+. The van der Waals surface area contributed by atoms with Gasteiger partial charge in [0.2, 0.25) is 0 Å². The summed E-state index contributed by atoms with van der Waals surface area (Å²) in [4.78, 5) is 0. The van der Waals surface area contributed by atoms with Crippen molar-refractivity contribution >= 4 is 57.7 Å². The molecule has 0 radical (unpaired) electrons. The van der Waals surface area contributed by atoms with E-state index in [0.717, 1.165) is 20.4 Å². The molecule has 150 valence electrons. The van der Waals surface area contributed by atoms with Crippen LogP contribution in [0.2, 0.25) is 10.0 Å². The number of para-hydroxylation sites is 1. The molecule has 0 saturated heterocycles. The summed E-state index contributed by atoms with van der Waals surface area (Å²) < 4.78 is 12.8. The summed E-state index contributed by atoms with van der Waals surface area (Å²) in [6, 6.07) is 19.1. The molecule has 0 aliphatic carbocycles. The lowest BCUT2D eigenvalue weighted by molar-refractivity contribution is 0.267. The lowest BCUT2D eigenvalue weighted by Crippen LogP contribution is -2.03. The van der Waals surface area contributed by atoms with Crippen molar-refractivity contribution in [3.05, 3.63) is 85.4 Å². The predicted molar refractivity (Wildman–Crippen MR) is 129 cm³/mol. The van der Waals surface area contributed by atoms with Gasteiger partial charge in [-0.3, -0.25) is 5.43 Å². The monoisotopic (exact) mass is 540 g/mol. The predicted octanol–water partition coefficient (Wildman–Crippen LogP) is 7.02. The highest BCUT2D eigenvalue weighted by atomic mass is 127. The van der Waals surface area contributed by atoms with Crippen LogP contribution in [-0.4, -0.2) is 12.8 Å². The van der Waals surface area contributed by atoms with E-state index < -0.39 is 0 Å². The molecule has 0 saturated carbocycles. The summed E-state index contributed by atoms with van der Waals surface area (Å²) in [5.41, 5.74) is 5.76. The maximum Gasteiger partial charge on any atom is 0.175 e. The van der Waals surface area contributed by atoms with E-state index in [4.69, 9.17) is 32.7 Å². The Kier molecular flexibility index (Phi) is 8.03. The molecule has 1 N–H and O–H groups in total. The second-order valence-corrected chi connectivity index (χ2v) is 8.01. The molecule has 0 spiro atoms. The van der Waals surface area contributed by atoms with Crippen LogP contribution in [-0.2, 0) is 6.61 Å². The molecule has 3 rings (SSSR count). The smallest absolute Gasteiger partial charge is 0.175 e. The van der Waals surface area contributed by atoms with E-state index in [-0.39, 0.29) is 0 Å². The lowest BCUT2D eigenvalue weighted by Gasteiger charge is -2.15. The van der Waals surface area contributed by atoms with Crippen LogP contribution in [0, 0.1) is 3.57 Å². The van der Waals surface area contributed by atoms with Gasteiger partial charge in [-0.1, -0.05) is 47.5 Å². The van der Waals surface area contributed by atoms with Crippen LogP contribution in [0.4, 0.5) is 5.69 Å². The number of nitrogens with zero attached hydrogens (tertiary/aromatic N) is 1. The molecular weight excluding hydrogens is 522 g/mol. The van der Waals surface area contributed by atoms with Gasteiger partial charge >= 0.3 is 0 Å². The van der Waals surface area contributed by atoms with Gasteiger partial charge in [-0.25, -0.2) is 0 Å². The second kappa shape index (κ2) is 10.7. The van der Waals surface area contributed by atoms with Gasteiger partial charge < -0.3 is 9.47 Å². The van der Waals surface area contributed by atoms with Crippen LogP contribution in [0.1, 0.15) is 18.1 Å². The van der Waals surface area contributed by atoms with Crippen LogP contribution in [0.15, 0.2) is 65.8 Å². The Hall–Kier alpha value is -1.96. The fourth-order valence-corrected chi connectivity index (χ4v) is 3.65. The number of hydrazone groups is 1. The van der Waals surface area contributed by atoms with E-state index in [1.165, 1.54) is 0 Å². The van der Waals surface area contributed by atoms with Gasteiger partial charge in [0.05, 0.1) is 32.1 Å². The summed E-state index contributed by atoms with van der Waals surface area (Å²) in [5.74, 6) is 1.35. The fraction of sp³-hybridized carbons (Fsp3) is 0.136. The number of nitrogens with one attached hydrogen (secondary N) is 1. The molecule has 4 nitrogen and oxygen atoms in total. The Balaban J connectivity index is 1.75. The van der Waals surface area contributed by atoms with Crippen molar-refractivity contribution in [1.82, 2.24) is 0 Å². The Bertz CT molecular complexity index is 998. The Morgan fingerprint density at radius 3 is 2.52 bits per heavy atom. The molecular formula is C22H19Cl2IN2O2. The zero-order valence-electron chi connectivity index (χ0n) is 15.7. The maximum atomic E-state index is 6.09. The van der Waals surface area contributed by atoms with Gasteiger partial charge in [-0.05, 0) is 77.0 Å². The van der Waals surface area contributed by atoms with Crippen molar-refractivity contribution in [2.45, 2.75) is 13.5 Å². The third kappa shape index (κ3) is 6.26. The van der Waals surface area contributed by atoms with Crippen LogP contribution < -0.4 is 14.9 Å². The minimum Gasteiger partial charge on any atom is -0.490 e. The molecule has 3 aromatic carbocycles. The molecule has 0 bridgehead atoms. The fourth-order valence-electron chi connectivity index (χ4n) is 2.54. The molecule has 0 aromatic heterocycles. The summed E-state index contributed by atoms with van der Waals surface area (Å²) >= 11 is 14.3. The van der Waals surface area contributed by atoms with Crippen molar-refractivity contribution in [3.63, 3.8) is 0 Å². The van der Waals surface area contributed by atoms with Crippen molar-refractivity contribution in [2.24, 2.45) is 5.10 Å². The summed E-state index contributed by atoms with van der Waals surface area (Å²) in [7, 11) is 0. The van der Waals surface area contributed by atoms with Gasteiger partial charge in [0.25, 0.3) is 0 Å². The highest BCUT2D eigenvalue weighted by Crippen LogP contribution is 2.35. The molecule has 0 amide bonds. The number of hydrogen-bond acceptors (Lipinski definition) is 4. The average Bonchev–Trinajstić information content (AvgIpc) is 2.71. The third-order valence-electron chi connectivity index (χ3n) is 3.88. The average molecular weight is 541 g/mol. The molecule has 0 aliphatic rings. The molecule has 0 atom stereocenters. The zero-order valence-corrected chi connectivity index (χ0v) is 19.3. The van der Waals surface area contributed by atoms with Crippen LogP contribution >= 0.6 is 45.8 Å². The molecule has 0 heterocycles. The molecule has 3 aromatic rings. The first-order chi connectivity index (χ1) is 14.1. The van der Waals surface area contributed by atoms with Crippen LogP contribution in [0.25, 0.3) is 0 Å². The largest absolute Gasteiger partial charge is 0.490 e. The van der Waals surface area contributed by atoms with E-state index in [0.29, 0.717) is 34.8 Å². The first-order valence-electron chi connectivity index (χ1n) is 8.94. The number of rotatable bonds is 8. The van der Waals surface area contributed by atoms with Crippen LogP contribution in [0.3, 0.4) is 0 Å². The van der Waals surface area contributed by atoms with Gasteiger partial charge in [-0.2, -0.15) is 5.10 Å². The molecule has 0 fully saturated rings. The summed E-state index contributed by atoms with van der Waals surface area (Å²) in [6.07, 6.45) is 1.75. The summed E-state index contributed by atoms with van der Waals surface area (Å²) in [6.45, 7) is 2.82. The van der Waals surface area contributed by atoms with Crippen LogP contribution in [0.5, 0.6) is 11.5 Å². The van der Waals surface area contributed by atoms with E-state index in [1.54, 1.807) is 18.3 Å². The van der Waals surface area contributed by atoms with E-state index >= 15 is 0 Å². The maximum absolute atomic E-state index is 6.09. The first-order valence-corrected chi connectivity index (χ1v) is 10.8. The Morgan fingerprint density at radius 2 is 1.79 bits per heavy atom. The number of halogens is 3. The Morgan fingerprint density at radius 1 is 1.00 bits per heavy atom.